The van der Waals surface area contributed by atoms with Crippen molar-refractivity contribution in [3.05, 3.63) is 34.8 Å². The van der Waals surface area contributed by atoms with Gasteiger partial charge in [-0.3, -0.25) is 0 Å². The Morgan fingerprint density at radius 3 is 2.82 bits per heavy atom. The molecule has 1 heterocycles. The fraction of sp³-hybridized carbons (Fsp3) is 0.417. The molecule has 0 saturated carbocycles. The van der Waals surface area contributed by atoms with Crippen molar-refractivity contribution in [2.45, 2.75) is 18.0 Å². The quantitative estimate of drug-likeness (QED) is 0.456. The number of hydrogen-bond acceptors (Lipinski definition) is 4. The molecule has 0 aromatic heterocycles. The number of aldehydes is 1. The van der Waals surface area contributed by atoms with Crippen molar-refractivity contribution in [2.24, 2.45) is 5.73 Å². The van der Waals surface area contributed by atoms with E-state index < -0.39 is 5.54 Å². The number of halogens is 1. The molecule has 0 aromatic rings. The van der Waals surface area contributed by atoms with Gasteiger partial charge < -0.3 is 20.2 Å². The van der Waals surface area contributed by atoms with Gasteiger partial charge in [-0.15, -0.1) is 0 Å². The summed E-state index contributed by atoms with van der Waals surface area (Å²) in [5.41, 5.74) is 7.06. The van der Waals surface area contributed by atoms with Crippen LogP contribution < -0.4 is 5.73 Å². The molecule has 2 rings (SSSR count). The van der Waals surface area contributed by atoms with E-state index in [0.717, 1.165) is 11.3 Å². The lowest BCUT2D eigenvalue weighted by Crippen LogP contribution is -2.48. The Morgan fingerprint density at radius 2 is 2.29 bits per heavy atom. The van der Waals surface area contributed by atoms with Crippen LogP contribution in [0.4, 0.5) is 0 Å². The topological polar surface area (TPSA) is 55.6 Å². The molecule has 2 unspecified atom stereocenters. The molecule has 1 aliphatic carbocycles. The van der Waals surface area contributed by atoms with E-state index in [1.165, 1.54) is 7.11 Å². The summed E-state index contributed by atoms with van der Waals surface area (Å²) in [6.07, 6.45) is 4.42. The van der Waals surface area contributed by atoms with Crippen molar-refractivity contribution in [1.29, 1.82) is 0 Å². The zero-order valence-electron chi connectivity index (χ0n) is 10.0. The lowest BCUT2D eigenvalue weighted by molar-refractivity contribution is -0.111. The molecule has 2 aliphatic rings. The lowest BCUT2D eigenvalue weighted by Gasteiger charge is -2.33. The van der Waals surface area contributed by atoms with Crippen LogP contribution in [0.1, 0.15) is 6.92 Å². The molecule has 0 fully saturated rings. The van der Waals surface area contributed by atoms with Gasteiger partial charge in [-0.2, -0.15) is 0 Å². The molecular weight excluding hydrogens is 240 g/mol. The van der Waals surface area contributed by atoms with Gasteiger partial charge in [0.1, 0.15) is 11.3 Å². The highest BCUT2D eigenvalue weighted by molar-refractivity contribution is 6.22. The monoisotopic (exact) mass is 254 g/mol. The summed E-state index contributed by atoms with van der Waals surface area (Å²) in [6.45, 7) is 1.86. The molecule has 2 atom stereocenters. The number of carbonyl (C=O) groups is 1. The molecule has 0 radical (unpaired) electrons. The third-order valence-corrected chi connectivity index (χ3v) is 3.67. The largest absolute Gasteiger partial charge is 0.498 e. The molecule has 0 aromatic carbocycles. The van der Waals surface area contributed by atoms with Crippen molar-refractivity contribution in [1.82, 2.24) is 4.90 Å². The minimum absolute atomic E-state index is 0.289. The van der Waals surface area contributed by atoms with Crippen LogP contribution in [-0.2, 0) is 9.53 Å². The molecule has 17 heavy (non-hydrogen) atoms. The Morgan fingerprint density at radius 1 is 1.65 bits per heavy atom. The summed E-state index contributed by atoms with van der Waals surface area (Å²) in [7, 11) is 3.38. The summed E-state index contributed by atoms with van der Waals surface area (Å²) in [6, 6.07) is 0. The number of nitrogens with zero attached hydrogens (tertiary/aromatic N) is 1. The van der Waals surface area contributed by atoms with E-state index in [2.05, 4.69) is 0 Å². The Hall–Kier alpha value is -1.26. The maximum Gasteiger partial charge on any atom is 0.157 e. The van der Waals surface area contributed by atoms with E-state index in [-0.39, 0.29) is 5.50 Å². The fourth-order valence-corrected chi connectivity index (χ4v) is 2.58. The maximum atomic E-state index is 11.4. The van der Waals surface area contributed by atoms with Gasteiger partial charge in [0, 0.05) is 18.3 Å². The molecule has 5 heteroatoms. The van der Waals surface area contributed by atoms with Crippen molar-refractivity contribution >= 4 is 17.9 Å². The van der Waals surface area contributed by atoms with Gasteiger partial charge in [0.05, 0.1) is 7.11 Å². The van der Waals surface area contributed by atoms with Crippen molar-refractivity contribution in [3.8, 4) is 0 Å². The molecule has 4 nitrogen and oxygen atoms in total. The first-order valence-electron chi connectivity index (χ1n) is 5.27. The highest BCUT2D eigenvalue weighted by Crippen LogP contribution is 2.41. The predicted molar refractivity (Wildman–Crippen MR) is 66.3 cm³/mol. The highest BCUT2D eigenvalue weighted by Gasteiger charge is 2.45. The number of fused-ring (bicyclic) bond motifs is 1. The molecule has 0 amide bonds. The van der Waals surface area contributed by atoms with Gasteiger partial charge in [0.15, 0.2) is 11.8 Å². The average molecular weight is 255 g/mol. The number of hydrogen-bond donors (Lipinski definition) is 1. The average Bonchev–Trinajstić information content (AvgIpc) is 2.58. The van der Waals surface area contributed by atoms with Gasteiger partial charge in [-0.25, -0.2) is 0 Å². The zero-order chi connectivity index (χ0) is 12.8. The standard InChI is InChI=1S/C12H15ClN2O2/c1-7-4-9-8(5-10(13)15(9)2)12(14,6-16)11(7)17-3/h4-6,10H,14H2,1-3H3. The van der Waals surface area contributed by atoms with Crippen LogP contribution in [0.3, 0.4) is 0 Å². The second-order valence-electron chi connectivity index (χ2n) is 4.30. The number of allylic oxidation sites excluding steroid dienone is 2. The summed E-state index contributed by atoms with van der Waals surface area (Å²) >= 11 is 6.14. The molecule has 2 N–H and O–H groups in total. The number of nitrogens with two attached hydrogens (primary N) is 1. The van der Waals surface area contributed by atoms with Gasteiger partial charge >= 0.3 is 0 Å². The number of likely N-dealkylation sites (N-methyl/N-ethyl adjacent to an activating group) is 1. The molecule has 1 aliphatic heterocycles. The number of ether oxygens (including phenoxy) is 1. The number of alkyl halides is 1. The van der Waals surface area contributed by atoms with Gasteiger partial charge in [0.25, 0.3) is 0 Å². The van der Waals surface area contributed by atoms with E-state index in [4.69, 9.17) is 22.1 Å². The van der Waals surface area contributed by atoms with Gasteiger partial charge in [-0.1, -0.05) is 11.6 Å². The van der Waals surface area contributed by atoms with Crippen LogP contribution in [0, 0.1) is 0 Å². The number of carbonyl (C=O) groups excluding carboxylic acids is 1. The molecule has 0 bridgehead atoms. The maximum absolute atomic E-state index is 11.4. The molecule has 0 spiro atoms. The highest BCUT2D eigenvalue weighted by atomic mass is 35.5. The number of rotatable bonds is 2. The summed E-state index contributed by atoms with van der Waals surface area (Å²) in [4.78, 5) is 13.3. The SMILES string of the molecule is COC1=C(C)C=C2C(=CC(Cl)N2C)C1(N)C=O. The van der Waals surface area contributed by atoms with Crippen molar-refractivity contribution in [3.63, 3.8) is 0 Å². The Bertz CT molecular complexity index is 467. The van der Waals surface area contributed by atoms with Gasteiger partial charge in [0.2, 0.25) is 0 Å². The van der Waals surface area contributed by atoms with Crippen LogP contribution in [0.15, 0.2) is 34.8 Å². The summed E-state index contributed by atoms with van der Waals surface area (Å²) in [5, 5.41) is 0. The minimum atomic E-state index is -1.24. The van der Waals surface area contributed by atoms with E-state index >= 15 is 0 Å². The van der Waals surface area contributed by atoms with E-state index in [1.807, 2.05) is 24.9 Å². The Labute approximate surface area is 105 Å². The summed E-state index contributed by atoms with van der Waals surface area (Å²) in [5.74, 6) is 0.474. The van der Waals surface area contributed by atoms with Crippen LogP contribution in [0.25, 0.3) is 0 Å². The van der Waals surface area contributed by atoms with Crippen molar-refractivity contribution in [2.75, 3.05) is 14.2 Å². The third-order valence-electron chi connectivity index (χ3n) is 3.25. The fourth-order valence-electron chi connectivity index (χ4n) is 2.35. The van der Waals surface area contributed by atoms with Gasteiger partial charge in [-0.05, 0) is 24.6 Å². The molecule has 0 saturated heterocycles. The normalized spacial score (nSPS) is 32.1. The molecule has 92 valence electrons. The Kier molecular flexibility index (Phi) is 2.79. The van der Waals surface area contributed by atoms with E-state index in [9.17, 15) is 4.79 Å². The first-order valence-corrected chi connectivity index (χ1v) is 5.71. The van der Waals surface area contributed by atoms with E-state index in [0.29, 0.717) is 17.6 Å². The van der Waals surface area contributed by atoms with E-state index in [1.54, 1.807) is 6.08 Å². The van der Waals surface area contributed by atoms with Crippen LogP contribution in [0.5, 0.6) is 0 Å². The smallest absolute Gasteiger partial charge is 0.157 e. The van der Waals surface area contributed by atoms with Crippen LogP contribution in [0.2, 0.25) is 0 Å². The second kappa shape index (κ2) is 3.89. The molecular formula is C12H15ClN2O2. The number of methoxy groups -OCH3 is 1. The summed E-state index contributed by atoms with van der Waals surface area (Å²) < 4.78 is 5.26. The zero-order valence-corrected chi connectivity index (χ0v) is 10.8. The lowest BCUT2D eigenvalue weighted by atomic mass is 9.82. The first-order chi connectivity index (χ1) is 7.95. The third kappa shape index (κ3) is 1.51. The predicted octanol–water partition coefficient (Wildman–Crippen LogP) is 1.14. The first kappa shape index (κ1) is 12.2. The van der Waals surface area contributed by atoms with Crippen LogP contribution in [-0.4, -0.2) is 36.4 Å². The Balaban J connectivity index is 2.64. The van der Waals surface area contributed by atoms with Crippen LogP contribution >= 0.6 is 11.6 Å². The van der Waals surface area contributed by atoms with Crippen molar-refractivity contribution < 1.29 is 9.53 Å². The minimum Gasteiger partial charge on any atom is -0.498 e. The second-order valence-corrected chi connectivity index (χ2v) is 4.74.